The lowest BCUT2D eigenvalue weighted by Gasteiger charge is -2.14. The van der Waals surface area contributed by atoms with Crippen molar-refractivity contribution >= 4 is 31.3 Å². The van der Waals surface area contributed by atoms with Gasteiger partial charge in [-0.2, -0.15) is 0 Å². The maximum absolute atomic E-state index is 11.6. The van der Waals surface area contributed by atoms with Crippen LogP contribution in [-0.4, -0.2) is 14.0 Å². The Morgan fingerprint density at radius 2 is 1.81 bits per heavy atom. The van der Waals surface area contributed by atoms with Crippen molar-refractivity contribution in [2.24, 2.45) is 0 Å². The van der Waals surface area contributed by atoms with Gasteiger partial charge in [-0.25, -0.2) is 0 Å². The first-order valence-corrected chi connectivity index (χ1v) is 9.51. The van der Waals surface area contributed by atoms with Gasteiger partial charge in [0, 0.05) is 25.2 Å². The first kappa shape index (κ1) is 13.3. The number of benzene rings is 1. The lowest BCUT2D eigenvalue weighted by Crippen LogP contribution is -2.22. The van der Waals surface area contributed by atoms with Gasteiger partial charge in [0.05, 0.1) is 0 Å². The highest BCUT2D eigenvalue weighted by Crippen LogP contribution is 2.15. The fourth-order valence-corrected chi connectivity index (χ4v) is 2.35. The number of carbonyl (C=O) groups is 1. The summed E-state index contributed by atoms with van der Waals surface area (Å²) in [6.45, 7) is 6.80. The highest BCUT2D eigenvalue weighted by atomic mass is 35.5. The van der Waals surface area contributed by atoms with Crippen molar-refractivity contribution in [3.63, 3.8) is 0 Å². The minimum atomic E-state index is -1.13. The summed E-state index contributed by atoms with van der Waals surface area (Å²) in [5.74, 6) is 0.0877. The zero-order chi connectivity index (χ0) is 12.2. The summed E-state index contributed by atoms with van der Waals surface area (Å²) in [6.07, 6.45) is 0.609. The Kier molecular flexibility index (Phi) is 4.56. The average Bonchev–Trinajstić information content (AvgIpc) is 2.18. The van der Waals surface area contributed by atoms with E-state index in [1.165, 1.54) is 0 Å². The molecule has 4 heteroatoms. The normalized spacial score (nSPS) is 11.2. The third-order valence-corrected chi connectivity index (χ3v) is 4.23. The molecule has 0 bridgehead atoms. The van der Waals surface area contributed by atoms with Crippen LogP contribution in [0.1, 0.15) is 6.42 Å². The van der Waals surface area contributed by atoms with E-state index in [4.69, 9.17) is 11.6 Å². The van der Waals surface area contributed by atoms with E-state index in [1.54, 1.807) is 12.1 Å². The second-order valence-electron chi connectivity index (χ2n) is 5.12. The van der Waals surface area contributed by atoms with Gasteiger partial charge < -0.3 is 5.32 Å². The molecule has 0 fully saturated rings. The second-order valence-corrected chi connectivity index (χ2v) is 11.2. The molecular formula is C12H18ClNOSi. The molecule has 0 radical (unpaired) electrons. The Morgan fingerprint density at radius 1 is 1.25 bits per heavy atom. The molecule has 1 N–H and O–H groups in total. The smallest absolute Gasteiger partial charge is 0.224 e. The van der Waals surface area contributed by atoms with E-state index in [-0.39, 0.29) is 5.91 Å². The van der Waals surface area contributed by atoms with Gasteiger partial charge in [0.15, 0.2) is 0 Å². The summed E-state index contributed by atoms with van der Waals surface area (Å²) in [6, 6.07) is 8.20. The van der Waals surface area contributed by atoms with Crippen molar-refractivity contribution in [1.29, 1.82) is 0 Å². The van der Waals surface area contributed by atoms with Gasteiger partial charge in [-0.05, 0) is 30.3 Å². The zero-order valence-electron chi connectivity index (χ0n) is 10.0. The monoisotopic (exact) mass is 255 g/mol. The van der Waals surface area contributed by atoms with Gasteiger partial charge in [0.25, 0.3) is 0 Å². The molecule has 0 heterocycles. The molecule has 0 aromatic heterocycles. The Morgan fingerprint density at radius 3 is 2.31 bits per heavy atom. The second kappa shape index (κ2) is 5.50. The average molecular weight is 256 g/mol. The van der Waals surface area contributed by atoms with Crippen molar-refractivity contribution in [1.82, 2.24) is 0 Å². The van der Waals surface area contributed by atoms with Crippen LogP contribution in [0.3, 0.4) is 0 Å². The molecule has 0 saturated heterocycles. The summed E-state index contributed by atoms with van der Waals surface area (Å²) in [5, 5.41) is 3.55. The molecule has 0 aliphatic carbocycles. The van der Waals surface area contributed by atoms with Crippen LogP contribution in [0.2, 0.25) is 30.7 Å². The third-order valence-electron chi connectivity index (χ3n) is 2.23. The number of amides is 1. The first-order chi connectivity index (χ1) is 7.37. The number of hydrogen-bond donors (Lipinski definition) is 1. The van der Waals surface area contributed by atoms with Crippen molar-refractivity contribution in [3.8, 4) is 0 Å². The molecule has 0 aliphatic rings. The fourth-order valence-electron chi connectivity index (χ4n) is 1.25. The molecule has 1 amide bonds. The van der Waals surface area contributed by atoms with Crippen LogP contribution in [0.25, 0.3) is 0 Å². The molecule has 0 atom stereocenters. The molecule has 0 spiro atoms. The Balaban J connectivity index is 2.43. The van der Waals surface area contributed by atoms with Gasteiger partial charge in [0.2, 0.25) is 5.91 Å². The maximum atomic E-state index is 11.6. The van der Waals surface area contributed by atoms with Gasteiger partial charge in [-0.15, -0.1) is 0 Å². The molecule has 0 aliphatic heterocycles. The number of hydrogen-bond acceptors (Lipinski definition) is 1. The van der Waals surface area contributed by atoms with Crippen molar-refractivity contribution in [3.05, 3.63) is 29.3 Å². The van der Waals surface area contributed by atoms with E-state index in [2.05, 4.69) is 25.0 Å². The summed E-state index contributed by atoms with van der Waals surface area (Å²) in [5.41, 5.74) is 0.810. The highest BCUT2D eigenvalue weighted by molar-refractivity contribution is 6.76. The molecule has 88 valence electrons. The predicted octanol–water partition coefficient (Wildman–Crippen LogP) is 4.01. The fraction of sp³-hybridized carbons (Fsp3) is 0.417. The summed E-state index contributed by atoms with van der Waals surface area (Å²) in [7, 11) is -1.13. The van der Waals surface area contributed by atoms with Gasteiger partial charge in [0.1, 0.15) is 0 Å². The van der Waals surface area contributed by atoms with E-state index < -0.39 is 8.07 Å². The van der Waals surface area contributed by atoms with Crippen LogP contribution in [0.5, 0.6) is 0 Å². The van der Waals surface area contributed by atoms with Crippen LogP contribution < -0.4 is 5.32 Å². The van der Waals surface area contributed by atoms with E-state index >= 15 is 0 Å². The topological polar surface area (TPSA) is 29.1 Å². The van der Waals surface area contributed by atoms with Crippen LogP contribution in [0, 0.1) is 0 Å². The van der Waals surface area contributed by atoms with Gasteiger partial charge in [-0.1, -0.05) is 31.2 Å². The van der Waals surface area contributed by atoms with Gasteiger partial charge in [-0.3, -0.25) is 4.79 Å². The molecule has 1 aromatic carbocycles. The van der Waals surface area contributed by atoms with Crippen molar-refractivity contribution < 1.29 is 4.79 Å². The predicted molar refractivity (Wildman–Crippen MR) is 72.9 cm³/mol. The number of rotatable bonds is 4. The lowest BCUT2D eigenvalue weighted by atomic mass is 10.3. The lowest BCUT2D eigenvalue weighted by molar-refractivity contribution is -0.115. The first-order valence-electron chi connectivity index (χ1n) is 5.42. The van der Waals surface area contributed by atoms with Gasteiger partial charge >= 0.3 is 0 Å². The molecular weight excluding hydrogens is 238 g/mol. The van der Waals surface area contributed by atoms with E-state index in [9.17, 15) is 4.79 Å². The van der Waals surface area contributed by atoms with Crippen LogP contribution >= 0.6 is 11.6 Å². The molecule has 0 saturated carbocycles. The Bertz CT molecular complexity index is 356. The summed E-state index contributed by atoms with van der Waals surface area (Å²) < 4.78 is 0. The summed E-state index contributed by atoms with van der Waals surface area (Å²) in [4.78, 5) is 11.6. The minimum absolute atomic E-state index is 0.0877. The molecule has 1 rings (SSSR count). The quantitative estimate of drug-likeness (QED) is 0.810. The molecule has 2 nitrogen and oxygen atoms in total. The van der Waals surface area contributed by atoms with Crippen LogP contribution in [-0.2, 0) is 4.79 Å². The minimum Gasteiger partial charge on any atom is -0.326 e. The Hall–Kier alpha value is -0.803. The third kappa shape index (κ3) is 5.33. The van der Waals surface area contributed by atoms with Crippen LogP contribution in [0.4, 0.5) is 5.69 Å². The van der Waals surface area contributed by atoms with E-state index in [1.807, 2.05) is 12.1 Å². The zero-order valence-corrected chi connectivity index (χ0v) is 11.8. The largest absolute Gasteiger partial charge is 0.326 e. The van der Waals surface area contributed by atoms with Crippen molar-refractivity contribution in [2.75, 3.05) is 5.32 Å². The van der Waals surface area contributed by atoms with Crippen molar-refractivity contribution in [2.45, 2.75) is 32.1 Å². The van der Waals surface area contributed by atoms with E-state index in [0.29, 0.717) is 11.4 Å². The van der Waals surface area contributed by atoms with E-state index in [0.717, 1.165) is 11.7 Å². The SMILES string of the molecule is C[Si](C)(C)CCC(=O)Nc1ccc(Cl)cc1. The Labute approximate surface area is 103 Å². The van der Waals surface area contributed by atoms with Crippen LogP contribution in [0.15, 0.2) is 24.3 Å². The number of anilines is 1. The number of carbonyl (C=O) groups excluding carboxylic acids is 1. The number of nitrogens with one attached hydrogen (secondary N) is 1. The number of halogens is 1. The maximum Gasteiger partial charge on any atom is 0.224 e. The molecule has 0 unspecified atom stereocenters. The highest BCUT2D eigenvalue weighted by Gasteiger charge is 2.14. The summed E-state index contributed by atoms with van der Waals surface area (Å²) >= 11 is 5.76. The molecule has 16 heavy (non-hydrogen) atoms. The molecule has 1 aromatic rings. The standard InChI is InChI=1S/C12H18ClNOSi/c1-16(2,3)9-8-12(15)14-11-6-4-10(13)5-7-11/h4-7H,8-9H2,1-3H3,(H,14,15).